The van der Waals surface area contributed by atoms with Crippen molar-refractivity contribution in [3.8, 4) is 0 Å². The van der Waals surface area contributed by atoms with Crippen LogP contribution in [0.1, 0.15) is 63.9 Å². The molecule has 1 aromatic heterocycles. The van der Waals surface area contributed by atoms with Gasteiger partial charge < -0.3 is 5.32 Å². The van der Waals surface area contributed by atoms with Gasteiger partial charge in [0.05, 0.1) is 0 Å². The third-order valence-electron chi connectivity index (χ3n) is 3.25. The average Bonchev–Trinajstić information content (AvgIpc) is 2.39. The van der Waals surface area contributed by atoms with Gasteiger partial charge in [-0.2, -0.15) is 0 Å². The van der Waals surface area contributed by atoms with Crippen LogP contribution in [0.15, 0.2) is 18.3 Å². The average molecular weight is 248 g/mol. The fourth-order valence-electron chi connectivity index (χ4n) is 2.05. The van der Waals surface area contributed by atoms with E-state index in [-0.39, 0.29) is 0 Å². The van der Waals surface area contributed by atoms with Crippen molar-refractivity contribution in [2.75, 3.05) is 11.9 Å². The number of pyridine rings is 1. The predicted octanol–water partition coefficient (Wildman–Crippen LogP) is 4.94. The Balaban J connectivity index is 1.91. The van der Waals surface area contributed by atoms with Gasteiger partial charge in [0.1, 0.15) is 5.82 Å². The van der Waals surface area contributed by atoms with Crippen molar-refractivity contribution in [3.63, 3.8) is 0 Å². The molecule has 1 heterocycles. The van der Waals surface area contributed by atoms with Crippen LogP contribution in [0.5, 0.6) is 0 Å². The number of nitrogens with one attached hydrogen (secondary N) is 1. The first-order valence-corrected chi connectivity index (χ1v) is 7.49. The molecule has 0 aliphatic rings. The van der Waals surface area contributed by atoms with Crippen LogP contribution in [0.3, 0.4) is 0 Å². The summed E-state index contributed by atoms with van der Waals surface area (Å²) in [6, 6.07) is 4.16. The Bertz CT molecular complexity index is 292. The molecule has 2 heteroatoms. The zero-order valence-electron chi connectivity index (χ0n) is 12.0. The number of nitrogens with zero attached hydrogens (tertiary/aromatic N) is 1. The molecular weight excluding hydrogens is 220 g/mol. The molecule has 0 radical (unpaired) electrons. The van der Waals surface area contributed by atoms with E-state index in [0.29, 0.717) is 0 Å². The van der Waals surface area contributed by atoms with Gasteiger partial charge in [0.25, 0.3) is 0 Å². The summed E-state index contributed by atoms with van der Waals surface area (Å²) in [5.41, 5.74) is 1.22. The van der Waals surface area contributed by atoms with Crippen LogP contribution >= 0.6 is 0 Å². The monoisotopic (exact) mass is 248 g/mol. The summed E-state index contributed by atoms with van der Waals surface area (Å²) < 4.78 is 0. The minimum Gasteiger partial charge on any atom is -0.370 e. The molecule has 0 aliphatic carbocycles. The second-order valence-electron chi connectivity index (χ2n) is 5.12. The van der Waals surface area contributed by atoms with Gasteiger partial charge >= 0.3 is 0 Å². The lowest BCUT2D eigenvalue weighted by Gasteiger charge is -2.05. The molecule has 102 valence electrons. The highest BCUT2D eigenvalue weighted by Gasteiger charge is 1.94. The van der Waals surface area contributed by atoms with Crippen LogP contribution in [0.4, 0.5) is 5.82 Å². The first-order valence-electron chi connectivity index (χ1n) is 7.49. The van der Waals surface area contributed by atoms with Gasteiger partial charge in [0, 0.05) is 12.7 Å². The van der Waals surface area contributed by atoms with Gasteiger partial charge in [-0.3, -0.25) is 0 Å². The fraction of sp³-hybridized carbons (Fsp3) is 0.688. The second kappa shape index (κ2) is 9.93. The molecule has 2 nitrogen and oxygen atoms in total. The van der Waals surface area contributed by atoms with E-state index in [1.807, 2.05) is 6.20 Å². The molecule has 1 rings (SSSR count). The topological polar surface area (TPSA) is 24.9 Å². The van der Waals surface area contributed by atoms with Crippen LogP contribution < -0.4 is 5.32 Å². The molecule has 0 aliphatic heterocycles. The van der Waals surface area contributed by atoms with Gasteiger partial charge in [0.15, 0.2) is 0 Å². The number of anilines is 1. The van der Waals surface area contributed by atoms with Gasteiger partial charge in [0.2, 0.25) is 0 Å². The highest BCUT2D eigenvalue weighted by molar-refractivity contribution is 5.34. The number of unbranched alkanes of at least 4 members (excludes halogenated alkanes) is 7. The van der Waals surface area contributed by atoms with E-state index < -0.39 is 0 Å². The quantitative estimate of drug-likeness (QED) is 0.593. The molecule has 0 spiro atoms. The maximum Gasteiger partial charge on any atom is 0.125 e. The smallest absolute Gasteiger partial charge is 0.125 e. The van der Waals surface area contributed by atoms with Crippen molar-refractivity contribution < 1.29 is 0 Å². The van der Waals surface area contributed by atoms with Gasteiger partial charge in [-0.15, -0.1) is 0 Å². The molecule has 1 aromatic rings. The molecule has 0 bridgehead atoms. The third-order valence-corrected chi connectivity index (χ3v) is 3.25. The van der Waals surface area contributed by atoms with E-state index >= 15 is 0 Å². The Morgan fingerprint density at radius 3 is 2.22 bits per heavy atom. The number of hydrogen-bond donors (Lipinski definition) is 1. The molecule has 0 amide bonds. The molecule has 0 atom stereocenters. The largest absolute Gasteiger partial charge is 0.370 e. The zero-order chi connectivity index (χ0) is 13.1. The van der Waals surface area contributed by atoms with Gasteiger partial charge in [-0.05, 0) is 25.0 Å². The number of aromatic nitrogens is 1. The lowest BCUT2D eigenvalue weighted by Crippen LogP contribution is -2.02. The Morgan fingerprint density at radius 2 is 1.61 bits per heavy atom. The summed E-state index contributed by atoms with van der Waals surface area (Å²) in [7, 11) is 0. The van der Waals surface area contributed by atoms with Crippen LogP contribution in [-0.2, 0) is 0 Å². The van der Waals surface area contributed by atoms with Crippen molar-refractivity contribution in [1.82, 2.24) is 4.98 Å². The normalized spacial score (nSPS) is 10.6. The molecule has 0 unspecified atom stereocenters. The van der Waals surface area contributed by atoms with Gasteiger partial charge in [-0.1, -0.05) is 57.9 Å². The molecule has 0 saturated carbocycles. The molecule has 0 saturated heterocycles. The van der Waals surface area contributed by atoms with E-state index in [1.54, 1.807) is 0 Å². The predicted molar refractivity (Wildman–Crippen MR) is 80.1 cm³/mol. The van der Waals surface area contributed by atoms with E-state index in [1.165, 1.54) is 56.9 Å². The summed E-state index contributed by atoms with van der Waals surface area (Å²) in [6.07, 6.45) is 12.9. The summed E-state index contributed by atoms with van der Waals surface area (Å²) in [4.78, 5) is 4.33. The Morgan fingerprint density at radius 1 is 0.944 bits per heavy atom. The molecule has 1 N–H and O–H groups in total. The number of hydrogen-bond acceptors (Lipinski definition) is 2. The zero-order valence-corrected chi connectivity index (χ0v) is 12.0. The minimum atomic E-state index is 1.00. The van der Waals surface area contributed by atoms with E-state index in [9.17, 15) is 0 Å². The van der Waals surface area contributed by atoms with E-state index in [2.05, 4.69) is 36.3 Å². The van der Waals surface area contributed by atoms with Crippen molar-refractivity contribution in [2.45, 2.75) is 65.2 Å². The van der Waals surface area contributed by atoms with Crippen molar-refractivity contribution in [2.24, 2.45) is 0 Å². The Labute approximate surface area is 112 Å². The maximum absolute atomic E-state index is 4.33. The van der Waals surface area contributed by atoms with Crippen molar-refractivity contribution in [1.29, 1.82) is 0 Å². The SMILES string of the molecule is CCCCCCCCCCNc1ccc(C)cn1. The Kier molecular flexibility index (Phi) is 8.28. The van der Waals surface area contributed by atoms with Crippen molar-refractivity contribution in [3.05, 3.63) is 23.9 Å². The molecule has 18 heavy (non-hydrogen) atoms. The first-order chi connectivity index (χ1) is 8.83. The summed E-state index contributed by atoms with van der Waals surface area (Å²) in [5.74, 6) is 1.00. The number of aryl methyl sites for hydroxylation is 1. The van der Waals surface area contributed by atoms with Crippen LogP contribution in [-0.4, -0.2) is 11.5 Å². The first kappa shape index (κ1) is 15.0. The highest BCUT2D eigenvalue weighted by atomic mass is 15.0. The molecular formula is C16H28N2. The Hall–Kier alpha value is -1.05. The fourth-order valence-corrected chi connectivity index (χ4v) is 2.05. The summed E-state index contributed by atoms with van der Waals surface area (Å²) in [5, 5.41) is 3.37. The second-order valence-corrected chi connectivity index (χ2v) is 5.12. The maximum atomic E-state index is 4.33. The lowest BCUT2D eigenvalue weighted by atomic mass is 10.1. The van der Waals surface area contributed by atoms with E-state index in [4.69, 9.17) is 0 Å². The summed E-state index contributed by atoms with van der Waals surface area (Å²) >= 11 is 0. The van der Waals surface area contributed by atoms with E-state index in [0.717, 1.165) is 12.4 Å². The standard InChI is InChI=1S/C16H28N2/c1-3-4-5-6-7-8-9-10-13-17-16-12-11-15(2)14-18-16/h11-12,14H,3-10,13H2,1-2H3,(H,17,18). The third kappa shape index (κ3) is 7.31. The lowest BCUT2D eigenvalue weighted by molar-refractivity contribution is 0.581. The van der Waals surface area contributed by atoms with Crippen LogP contribution in [0, 0.1) is 6.92 Å². The molecule has 0 fully saturated rings. The minimum absolute atomic E-state index is 1.00. The van der Waals surface area contributed by atoms with Gasteiger partial charge in [-0.25, -0.2) is 4.98 Å². The molecule has 0 aromatic carbocycles. The van der Waals surface area contributed by atoms with Crippen LogP contribution in [0.25, 0.3) is 0 Å². The summed E-state index contributed by atoms with van der Waals surface area (Å²) in [6.45, 7) is 5.38. The number of rotatable bonds is 10. The highest BCUT2D eigenvalue weighted by Crippen LogP contribution is 2.09. The van der Waals surface area contributed by atoms with Crippen LogP contribution in [0.2, 0.25) is 0 Å². The van der Waals surface area contributed by atoms with Crippen molar-refractivity contribution >= 4 is 5.82 Å².